The van der Waals surface area contributed by atoms with Gasteiger partial charge in [0.2, 0.25) is 0 Å². The van der Waals surface area contributed by atoms with Crippen LogP contribution in [-0.2, 0) is 36.3 Å². The molecule has 107 heavy (non-hydrogen) atoms. The van der Waals surface area contributed by atoms with Crippen molar-refractivity contribution in [2.45, 2.75) is 208 Å². The molecule has 8 aliphatic carbocycles. The van der Waals surface area contributed by atoms with E-state index in [1.54, 1.807) is 0 Å². The van der Waals surface area contributed by atoms with Crippen LogP contribution in [0.25, 0.3) is 0 Å². The van der Waals surface area contributed by atoms with E-state index in [2.05, 4.69) is 322 Å². The first-order chi connectivity index (χ1) is 49.7. The molecule has 2 fully saturated rings. The summed E-state index contributed by atoms with van der Waals surface area (Å²) in [6.45, 7) is 51.3. The van der Waals surface area contributed by atoms with E-state index in [1.807, 2.05) is 0 Å². The Morgan fingerprint density at radius 1 is 0.299 bits per heavy atom. The number of allylic oxidation sites excluding steroid dienone is 32. The van der Waals surface area contributed by atoms with Gasteiger partial charge in [-0.2, -0.15) is 0 Å². The fraction of sp³-hybridized carbons (Fsp3) is 0.404. The van der Waals surface area contributed by atoms with Crippen molar-refractivity contribution in [3.05, 3.63) is 322 Å². The van der Waals surface area contributed by atoms with Gasteiger partial charge in [-0.15, -0.1) is 0 Å². The molecule has 0 amide bonds. The van der Waals surface area contributed by atoms with Crippen LogP contribution >= 0.6 is 110 Å². The SMILES string of the molecule is CC(C)C1=CC2=C(C=CC=CC2c2cc(Cl)c(C(C)(C)C)c(Cl)c2)[C]12[SiH](C)[C]1(C(C(C)C)=CC3=C1C=CC=CC3c1cc(Cl)c(C(C)(C)C)c(Cl)c1)[Hf]21([Cl])([Cl])[C]2(C(C(C)C)=CC3=C2C=CC=CC3c2cc(Cl)c(C(C)(C)C)c(Cl)c2)[SiH](C)[C]12C(C(C)C)=CC1=C2C=CC=CC1c1cc(Cl)c(C(C)(C)C)c(Cl)c1. The Bertz CT molecular complexity index is 4440. The van der Waals surface area contributed by atoms with Crippen molar-refractivity contribution >= 4 is 128 Å². The molecule has 8 atom stereocenters. The van der Waals surface area contributed by atoms with Gasteiger partial charge >= 0.3 is 696 Å². The van der Waals surface area contributed by atoms with Crippen molar-refractivity contribution in [1.29, 1.82) is 0 Å². The molecule has 0 nitrogen and oxygen atoms in total. The molecule has 2 heterocycles. The second-order valence-corrected chi connectivity index (χ2v) is 95.7. The summed E-state index contributed by atoms with van der Waals surface area (Å²) < 4.78 is -3.88. The number of fused-ring (bicyclic) bond motifs is 8. The second-order valence-electron chi connectivity index (χ2n) is 38.1. The van der Waals surface area contributed by atoms with Gasteiger partial charge in [-0.05, 0) is 0 Å². The van der Waals surface area contributed by atoms with Gasteiger partial charge in [-0.3, -0.25) is 0 Å². The van der Waals surface area contributed by atoms with E-state index in [9.17, 15) is 17.2 Å². The van der Waals surface area contributed by atoms with Gasteiger partial charge < -0.3 is 0 Å². The molecule has 0 aromatic heterocycles. The van der Waals surface area contributed by atoms with E-state index in [4.69, 9.17) is 92.8 Å². The second kappa shape index (κ2) is 26.2. The van der Waals surface area contributed by atoms with E-state index >= 15 is 0 Å². The standard InChI is InChI=1S/2C47H52Cl4Si.2ClH.Hf/c2*1-26(2)34-24-36-30(28-20-38(48)42(39(49)21-28)46(5,6)7)16-12-14-18-32(36)44(34)52(11)45-33-19-15-13-17-31(37(33)25-35(45)27(3)4)29-22-40(50)43(41(51)23-29)47(8,9)10;;;/h2*12-27,30-31,52H,1-11H3;2*1H;/q;;;;+2/p-2. The Hall–Kier alpha value is -3.08. The van der Waals surface area contributed by atoms with Crippen LogP contribution in [0.4, 0.5) is 0 Å². The quantitative estimate of drug-likeness (QED) is 0.154. The maximum absolute atomic E-state index is 12.1. The molecule has 0 bridgehead atoms. The van der Waals surface area contributed by atoms with Crippen molar-refractivity contribution in [2.24, 2.45) is 23.7 Å². The van der Waals surface area contributed by atoms with E-state index < -0.39 is 43.4 Å². The summed E-state index contributed by atoms with van der Waals surface area (Å²) in [5.41, 5.74) is 21.7. The molecule has 2 aliphatic heterocycles. The number of hydrogen-bond donors (Lipinski definition) is 0. The number of halogens is 10. The topological polar surface area (TPSA) is 0 Å². The Morgan fingerprint density at radius 2 is 0.467 bits per heavy atom. The summed E-state index contributed by atoms with van der Waals surface area (Å²) in [5.74, 6) is -1.45. The zero-order valence-electron chi connectivity index (χ0n) is 66.2. The van der Waals surface area contributed by atoms with Gasteiger partial charge in [0.25, 0.3) is 0 Å². The predicted molar refractivity (Wildman–Crippen MR) is 473 cm³/mol. The summed E-state index contributed by atoms with van der Waals surface area (Å²) >= 11 is 53.0. The van der Waals surface area contributed by atoms with Crippen molar-refractivity contribution < 1.29 is 14.7 Å². The molecule has 0 radical (unpaired) electrons. The molecule has 0 N–H and O–H groups in total. The van der Waals surface area contributed by atoms with E-state index in [0.29, 0.717) is 40.2 Å². The third kappa shape index (κ3) is 9.93. The average Bonchev–Trinajstić information content (AvgIpc) is 1.50. The normalized spacial score (nSPS) is 29.9. The molecule has 4 aromatic rings. The van der Waals surface area contributed by atoms with Crippen LogP contribution in [0, 0.1) is 23.7 Å². The molecular formula is C94H104Cl10HfSi2. The summed E-state index contributed by atoms with van der Waals surface area (Å²) in [6, 6.07) is 17.6. The Balaban J connectivity index is 1.26. The average molecular weight is 1820 g/mol. The van der Waals surface area contributed by atoms with Crippen molar-refractivity contribution in [1.82, 2.24) is 0 Å². The first-order valence-electron chi connectivity index (χ1n) is 38.7. The predicted octanol–water partition coefficient (Wildman–Crippen LogP) is 31.7. The summed E-state index contributed by atoms with van der Waals surface area (Å²) in [5, 5.41) is 5.20. The third-order valence-electron chi connectivity index (χ3n) is 27.4. The monoisotopic (exact) mass is 1820 g/mol. The van der Waals surface area contributed by atoms with E-state index in [0.717, 1.165) is 44.5 Å². The minimum absolute atomic E-state index is 0.0579. The van der Waals surface area contributed by atoms with E-state index in [-0.39, 0.29) is 69.0 Å². The Kier molecular flexibility index (Phi) is 19.7. The minimum atomic E-state index is -8.52. The molecule has 8 unspecified atom stereocenters. The van der Waals surface area contributed by atoms with Crippen LogP contribution in [0.1, 0.15) is 207 Å². The number of rotatable bonds is 8. The molecule has 0 saturated carbocycles. The van der Waals surface area contributed by atoms with Crippen LogP contribution in [0.5, 0.6) is 0 Å². The van der Waals surface area contributed by atoms with Crippen molar-refractivity contribution in [2.75, 3.05) is 0 Å². The molecule has 10 aliphatic rings. The molecule has 5 spiro atoms. The van der Waals surface area contributed by atoms with Crippen LogP contribution in [0.3, 0.4) is 0 Å². The molecular weight excluding hydrogens is 1720 g/mol. The summed E-state index contributed by atoms with van der Waals surface area (Å²) in [4.78, 5) is 0. The first-order valence-corrected chi connectivity index (χ1v) is 62.4. The van der Waals surface area contributed by atoms with Crippen LogP contribution in [0.15, 0.2) is 237 Å². The zero-order valence-corrected chi connectivity index (χ0v) is 79.7. The molecule has 2 saturated heterocycles. The van der Waals surface area contributed by atoms with Crippen LogP contribution in [0.2, 0.25) is 64.5 Å². The van der Waals surface area contributed by atoms with Gasteiger partial charge in [0.05, 0.1) is 0 Å². The Morgan fingerprint density at radius 3 is 0.617 bits per heavy atom. The van der Waals surface area contributed by atoms with Gasteiger partial charge in [0.15, 0.2) is 0 Å². The van der Waals surface area contributed by atoms with Crippen LogP contribution < -0.4 is 0 Å². The molecule has 562 valence electrons. The van der Waals surface area contributed by atoms with Crippen molar-refractivity contribution in [3.8, 4) is 0 Å². The molecule has 13 heteroatoms. The van der Waals surface area contributed by atoms with Crippen molar-refractivity contribution in [3.63, 3.8) is 0 Å². The van der Waals surface area contributed by atoms with Gasteiger partial charge in [-0.25, -0.2) is 0 Å². The fourth-order valence-electron chi connectivity index (χ4n) is 25.0. The summed E-state index contributed by atoms with van der Waals surface area (Å²) in [6.07, 6.45) is 48.5. The maximum atomic E-state index is 12.1. The summed E-state index contributed by atoms with van der Waals surface area (Å²) in [7, 11) is 18.3. The number of benzene rings is 4. The Labute approximate surface area is 688 Å². The number of hydrogen-bond acceptors (Lipinski definition) is 0. The molecule has 14 rings (SSSR count). The zero-order chi connectivity index (χ0) is 78.1. The van der Waals surface area contributed by atoms with E-state index in [1.165, 1.54) is 66.9 Å². The van der Waals surface area contributed by atoms with Crippen LogP contribution in [-0.4, -0.2) is 17.6 Å². The fourth-order valence-corrected chi connectivity index (χ4v) is 200. The van der Waals surface area contributed by atoms with Gasteiger partial charge in [0.1, 0.15) is 0 Å². The molecule has 4 aromatic carbocycles. The van der Waals surface area contributed by atoms with Gasteiger partial charge in [0, 0.05) is 0 Å². The third-order valence-corrected chi connectivity index (χ3v) is 145. The first kappa shape index (κ1) is 80.5. The van der Waals surface area contributed by atoms with Gasteiger partial charge in [-0.1, -0.05) is 0 Å².